The fraction of sp³-hybridized carbons (Fsp3) is 0.450. The summed E-state index contributed by atoms with van der Waals surface area (Å²) in [5, 5.41) is 16.1. The van der Waals surface area contributed by atoms with Gasteiger partial charge in [0.05, 0.1) is 21.4 Å². The van der Waals surface area contributed by atoms with Crippen molar-refractivity contribution in [2.45, 2.75) is 57.7 Å². The van der Waals surface area contributed by atoms with Gasteiger partial charge in [-0.25, -0.2) is 4.98 Å². The van der Waals surface area contributed by atoms with Crippen LogP contribution in [0.3, 0.4) is 0 Å². The Kier molecular flexibility index (Phi) is 4.20. The average molecular weight is 368 g/mol. The number of fused-ring (bicyclic) bond motifs is 1. The van der Waals surface area contributed by atoms with Gasteiger partial charge in [-0.1, -0.05) is 6.07 Å². The zero-order valence-electron chi connectivity index (χ0n) is 15.7. The van der Waals surface area contributed by atoms with Crippen molar-refractivity contribution in [3.63, 3.8) is 0 Å². The van der Waals surface area contributed by atoms with Gasteiger partial charge in [-0.05, 0) is 64.8 Å². The third-order valence-electron chi connectivity index (χ3n) is 4.83. The van der Waals surface area contributed by atoms with Gasteiger partial charge in [0.25, 0.3) is 0 Å². The Morgan fingerprint density at radius 1 is 1.04 bits per heavy atom. The molecule has 2 N–H and O–H groups in total. The molecule has 26 heavy (non-hydrogen) atoms. The quantitative estimate of drug-likeness (QED) is 0.715. The first-order chi connectivity index (χ1) is 12.3. The summed E-state index contributed by atoms with van der Waals surface area (Å²) in [6, 6.07) is 10.7. The van der Waals surface area contributed by atoms with Gasteiger partial charge < -0.3 is 10.6 Å². The molecule has 3 heterocycles. The van der Waals surface area contributed by atoms with E-state index in [0.717, 1.165) is 35.4 Å². The van der Waals surface area contributed by atoms with Crippen LogP contribution in [0.5, 0.6) is 0 Å². The van der Waals surface area contributed by atoms with Crippen molar-refractivity contribution in [3.05, 3.63) is 35.8 Å². The third-order valence-corrected chi connectivity index (χ3v) is 5.64. The van der Waals surface area contributed by atoms with Gasteiger partial charge >= 0.3 is 0 Å². The molecule has 0 bridgehead atoms. The van der Waals surface area contributed by atoms with Crippen molar-refractivity contribution < 1.29 is 0 Å². The Balaban J connectivity index is 1.51. The van der Waals surface area contributed by atoms with E-state index in [0.29, 0.717) is 6.04 Å². The van der Waals surface area contributed by atoms with Gasteiger partial charge in [-0.2, -0.15) is 0 Å². The van der Waals surface area contributed by atoms with E-state index >= 15 is 0 Å². The van der Waals surface area contributed by atoms with E-state index < -0.39 is 0 Å². The molecule has 1 saturated heterocycles. The summed E-state index contributed by atoms with van der Waals surface area (Å²) in [5.74, 6) is 0.835. The lowest BCUT2D eigenvalue weighted by Crippen LogP contribution is -2.60. The summed E-state index contributed by atoms with van der Waals surface area (Å²) >= 11 is 1.65. The molecular weight excluding hydrogens is 342 g/mol. The van der Waals surface area contributed by atoms with E-state index in [1.54, 1.807) is 11.3 Å². The molecule has 6 heteroatoms. The first-order valence-electron chi connectivity index (χ1n) is 9.03. The number of rotatable bonds is 3. The number of nitrogens with one attached hydrogen (secondary N) is 2. The van der Waals surface area contributed by atoms with Crippen LogP contribution in [-0.4, -0.2) is 32.3 Å². The summed E-state index contributed by atoms with van der Waals surface area (Å²) in [6.07, 6.45) is 2.11. The van der Waals surface area contributed by atoms with Crippen LogP contribution in [-0.2, 0) is 0 Å². The molecular formula is C20H25N5S. The lowest BCUT2D eigenvalue weighted by Gasteiger charge is -2.46. The van der Waals surface area contributed by atoms with Crippen molar-refractivity contribution in [1.29, 1.82) is 0 Å². The number of nitrogens with zero attached hydrogens (tertiary/aromatic N) is 3. The van der Waals surface area contributed by atoms with Crippen LogP contribution in [0.4, 0.5) is 5.82 Å². The number of aromatic nitrogens is 3. The molecule has 0 saturated carbocycles. The molecule has 0 radical (unpaired) electrons. The molecule has 0 spiro atoms. The number of anilines is 1. The molecule has 2 aromatic heterocycles. The molecule has 0 atom stereocenters. The van der Waals surface area contributed by atoms with Gasteiger partial charge in [0.2, 0.25) is 0 Å². The zero-order valence-corrected chi connectivity index (χ0v) is 16.5. The van der Waals surface area contributed by atoms with Gasteiger partial charge in [-0.3, -0.25) is 0 Å². The van der Waals surface area contributed by atoms with Gasteiger partial charge in [0, 0.05) is 22.7 Å². The Morgan fingerprint density at radius 3 is 2.50 bits per heavy atom. The summed E-state index contributed by atoms with van der Waals surface area (Å²) in [7, 11) is 0. The molecule has 1 aromatic carbocycles. The van der Waals surface area contributed by atoms with Gasteiger partial charge in [-0.15, -0.1) is 21.5 Å². The molecule has 0 amide bonds. The smallest absolute Gasteiger partial charge is 0.148 e. The maximum atomic E-state index is 4.43. The second-order valence-corrected chi connectivity index (χ2v) is 9.37. The maximum absolute atomic E-state index is 4.43. The van der Waals surface area contributed by atoms with E-state index in [9.17, 15) is 0 Å². The summed E-state index contributed by atoms with van der Waals surface area (Å²) < 4.78 is 1.19. The van der Waals surface area contributed by atoms with Crippen molar-refractivity contribution in [3.8, 4) is 11.3 Å². The minimum absolute atomic E-state index is 0.107. The van der Waals surface area contributed by atoms with Crippen LogP contribution in [0, 0.1) is 0 Å². The summed E-state index contributed by atoms with van der Waals surface area (Å²) in [4.78, 5) is 4.38. The Morgan fingerprint density at radius 2 is 1.81 bits per heavy atom. The molecule has 5 nitrogen and oxygen atoms in total. The normalized spacial score (nSPS) is 19.5. The number of hydrogen-bond donors (Lipinski definition) is 2. The standard InChI is InChI=1S/C20H25N5S/c1-19(2)10-14(11-20(3,4)25-19)22-18-8-6-15(23-24-18)13-5-7-17-16(9-13)21-12-26-17/h5-9,12,14,25H,10-11H2,1-4H3,(H,22,24). The zero-order chi connectivity index (χ0) is 18.4. The van der Waals surface area contributed by atoms with Crippen molar-refractivity contribution in [1.82, 2.24) is 20.5 Å². The molecule has 1 aliphatic heterocycles. The molecule has 0 aliphatic carbocycles. The van der Waals surface area contributed by atoms with Crippen LogP contribution in [0.25, 0.3) is 21.5 Å². The van der Waals surface area contributed by atoms with Crippen LogP contribution in [0.1, 0.15) is 40.5 Å². The maximum Gasteiger partial charge on any atom is 0.148 e. The van der Waals surface area contributed by atoms with Crippen molar-refractivity contribution in [2.75, 3.05) is 5.32 Å². The summed E-state index contributed by atoms with van der Waals surface area (Å²) in [5.41, 5.74) is 5.01. The van der Waals surface area contributed by atoms with Crippen LogP contribution in [0.15, 0.2) is 35.8 Å². The highest BCUT2D eigenvalue weighted by Gasteiger charge is 2.37. The second kappa shape index (κ2) is 6.28. The second-order valence-electron chi connectivity index (χ2n) is 8.48. The molecule has 1 aliphatic rings. The molecule has 4 rings (SSSR count). The first kappa shape index (κ1) is 17.4. The van der Waals surface area contributed by atoms with Gasteiger partial charge in [0.1, 0.15) is 5.82 Å². The van der Waals surface area contributed by atoms with E-state index in [4.69, 9.17) is 0 Å². The monoisotopic (exact) mass is 367 g/mol. The van der Waals surface area contributed by atoms with Crippen LogP contribution >= 0.6 is 11.3 Å². The fourth-order valence-electron chi connectivity index (χ4n) is 4.21. The topological polar surface area (TPSA) is 62.7 Å². The number of piperidine rings is 1. The van der Waals surface area contributed by atoms with Crippen molar-refractivity contribution >= 4 is 27.4 Å². The first-order valence-corrected chi connectivity index (χ1v) is 9.91. The van der Waals surface area contributed by atoms with E-state index in [-0.39, 0.29) is 11.1 Å². The molecule has 0 unspecified atom stereocenters. The molecule has 3 aromatic rings. The predicted molar refractivity (Wildman–Crippen MR) is 109 cm³/mol. The molecule has 1 fully saturated rings. The van der Waals surface area contributed by atoms with Crippen molar-refractivity contribution in [2.24, 2.45) is 0 Å². The lowest BCUT2D eigenvalue weighted by molar-refractivity contribution is 0.170. The Bertz CT molecular complexity index is 897. The fourth-order valence-corrected chi connectivity index (χ4v) is 4.87. The highest BCUT2D eigenvalue weighted by atomic mass is 32.1. The molecule has 136 valence electrons. The minimum Gasteiger partial charge on any atom is -0.366 e. The van der Waals surface area contributed by atoms with E-state index in [1.165, 1.54) is 4.70 Å². The largest absolute Gasteiger partial charge is 0.366 e. The highest BCUT2D eigenvalue weighted by Crippen LogP contribution is 2.30. The Labute approximate surface area is 158 Å². The highest BCUT2D eigenvalue weighted by molar-refractivity contribution is 7.16. The Hall–Kier alpha value is -2.05. The summed E-state index contributed by atoms with van der Waals surface area (Å²) in [6.45, 7) is 9.02. The van der Waals surface area contributed by atoms with E-state index in [2.05, 4.69) is 71.7 Å². The van der Waals surface area contributed by atoms with Crippen LogP contribution in [0.2, 0.25) is 0 Å². The van der Waals surface area contributed by atoms with E-state index in [1.807, 2.05) is 17.6 Å². The predicted octanol–water partition coefficient (Wildman–Crippen LogP) is 4.47. The number of benzene rings is 1. The number of thiazole rings is 1. The van der Waals surface area contributed by atoms with Gasteiger partial charge in [0.15, 0.2) is 0 Å². The SMILES string of the molecule is CC1(C)CC(Nc2ccc(-c3ccc4scnc4c3)nn2)CC(C)(C)N1. The number of hydrogen-bond acceptors (Lipinski definition) is 6. The average Bonchev–Trinajstić information content (AvgIpc) is 3.00. The lowest BCUT2D eigenvalue weighted by atomic mass is 9.79. The van der Waals surface area contributed by atoms with Crippen LogP contribution < -0.4 is 10.6 Å². The minimum atomic E-state index is 0.107. The third kappa shape index (κ3) is 3.71.